The average Bonchev–Trinajstić information content (AvgIpc) is 3.10. The van der Waals surface area contributed by atoms with Crippen molar-refractivity contribution in [3.63, 3.8) is 0 Å². The summed E-state index contributed by atoms with van der Waals surface area (Å²) in [6, 6.07) is 17.1. The summed E-state index contributed by atoms with van der Waals surface area (Å²) in [7, 11) is 0. The van der Waals surface area contributed by atoms with Crippen LogP contribution in [0.2, 0.25) is 5.02 Å². The van der Waals surface area contributed by atoms with Gasteiger partial charge in [0.1, 0.15) is 5.03 Å². The van der Waals surface area contributed by atoms with E-state index in [1.165, 1.54) is 18.7 Å². The molecule has 0 bridgehead atoms. The lowest BCUT2D eigenvalue weighted by molar-refractivity contribution is -0.149. The lowest BCUT2D eigenvalue weighted by Crippen LogP contribution is -2.23. The Bertz CT molecular complexity index is 1220. The number of halogens is 1. The number of hydrogen-bond donors (Lipinski definition) is 0. The Kier molecular flexibility index (Phi) is 4.07. The quantitative estimate of drug-likeness (QED) is 0.447. The van der Waals surface area contributed by atoms with E-state index < -0.39 is 12.2 Å². The van der Waals surface area contributed by atoms with Gasteiger partial charge < -0.3 is 4.74 Å². The zero-order chi connectivity index (χ0) is 19.3. The van der Waals surface area contributed by atoms with Crippen LogP contribution in [0.1, 0.15) is 18.7 Å². The van der Waals surface area contributed by atoms with Gasteiger partial charge in [0.25, 0.3) is 0 Å². The number of nitrogens with zero attached hydrogens (tertiary/aromatic N) is 4. The van der Waals surface area contributed by atoms with E-state index in [0.717, 1.165) is 27.1 Å². The van der Waals surface area contributed by atoms with Crippen LogP contribution in [-0.2, 0) is 9.53 Å². The fourth-order valence-corrected chi connectivity index (χ4v) is 4.20. The molecule has 2 aromatic heterocycles. The number of fused-ring (bicyclic) bond motifs is 3. The van der Waals surface area contributed by atoms with Crippen LogP contribution in [-0.4, -0.2) is 25.7 Å². The molecule has 0 unspecified atom stereocenters. The predicted molar refractivity (Wildman–Crippen MR) is 106 cm³/mol. The van der Waals surface area contributed by atoms with Crippen molar-refractivity contribution in [3.8, 4) is 11.4 Å². The molecule has 138 valence electrons. The maximum atomic E-state index is 11.8. The highest BCUT2D eigenvalue weighted by molar-refractivity contribution is 7.99. The molecule has 1 atom stereocenters. The summed E-state index contributed by atoms with van der Waals surface area (Å²) >= 11 is 7.38. The zero-order valence-electron chi connectivity index (χ0n) is 14.7. The smallest absolute Gasteiger partial charge is 0.304 e. The number of hydrogen-bond acceptors (Lipinski definition) is 6. The number of esters is 1. The van der Waals surface area contributed by atoms with Crippen LogP contribution in [0.3, 0.4) is 0 Å². The number of rotatable bonds is 2. The Labute approximate surface area is 169 Å². The Morgan fingerprint density at radius 2 is 1.93 bits per heavy atom. The van der Waals surface area contributed by atoms with Crippen molar-refractivity contribution in [2.75, 3.05) is 0 Å². The first-order valence-corrected chi connectivity index (χ1v) is 9.75. The van der Waals surface area contributed by atoms with Crippen molar-refractivity contribution >= 4 is 40.2 Å². The van der Waals surface area contributed by atoms with E-state index in [9.17, 15) is 4.79 Å². The predicted octanol–water partition coefficient (Wildman–Crippen LogP) is 4.72. The van der Waals surface area contributed by atoms with Gasteiger partial charge in [-0.1, -0.05) is 29.8 Å². The van der Waals surface area contributed by atoms with E-state index in [2.05, 4.69) is 10.1 Å². The minimum atomic E-state index is -0.714. The molecule has 0 fully saturated rings. The second-order valence-electron chi connectivity index (χ2n) is 6.31. The summed E-state index contributed by atoms with van der Waals surface area (Å²) in [6.45, 7) is 1.38. The van der Waals surface area contributed by atoms with Gasteiger partial charge in [-0.25, -0.2) is 9.97 Å². The van der Waals surface area contributed by atoms with Crippen LogP contribution >= 0.6 is 23.4 Å². The first-order chi connectivity index (χ1) is 13.6. The standard InChI is InChI=1S/C20H13ClN4O2S/c1-11(26)27-19-15-10-13-4-2-3-5-16(13)22-18(15)28-20-23-17(24-25(19)20)12-6-8-14(21)9-7-12/h2-10,19H,1H3/t19-/m1/s1. The van der Waals surface area contributed by atoms with E-state index in [1.807, 2.05) is 42.5 Å². The van der Waals surface area contributed by atoms with E-state index in [0.29, 0.717) is 16.0 Å². The number of ether oxygens (including phenoxy) is 1. The molecule has 2 aromatic carbocycles. The Balaban J connectivity index is 1.66. The maximum absolute atomic E-state index is 11.8. The van der Waals surface area contributed by atoms with Gasteiger partial charge in [-0.2, -0.15) is 4.68 Å². The zero-order valence-corrected chi connectivity index (χ0v) is 16.2. The summed E-state index contributed by atoms with van der Waals surface area (Å²) < 4.78 is 7.24. The molecule has 0 N–H and O–H groups in total. The third kappa shape index (κ3) is 2.93. The molecule has 0 radical (unpaired) electrons. The molecule has 8 heteroatoms. The van der Waals surface area contributed by atoms with Crippen LogP contribution in [0.15, 0.2) is 64.8 Å². The first-order valence-electron chi connectivity index (χ1n) is 8.56. The van der Waals surface area contributed by atoms with Crippen molar-refractivity contribution < 1.29 is 9.53 Å². The van der Waals surface area contributed by atoms with Crippen molar-refractivity contribution in [2.45, 2.75) is 23.3 Å². The Hall–Kier alpha value is -2.90. The number of pyridine rings is 1. The molecule has 4 aromatic rings. The molecule has 3 heterocycles. The molecule has 0 aliphatic carbocycles. The molecule has 5 rings (SSSR count). The van der Waals surface area contributed by atoms with Gasteiger partial charge in [-0.05, 0) is 48.2 Å². The van der Waals surface area contributed by atoms with Gasteiger partial charge in [-0.15, -0.1) is 5.10 Å². The fraction of sp³-hybridized carbons (Fsp3) is 0.100. The number of para-hydroxylation sites is 1. The number of benzene rings is 2. The molecule has 28 heavy (non-hydrogen) atoms. The Morgan fingerprint density at radius 3 is 2.71 bits per heavy atom. The summed E-state index contributed by atoms with van der Waals surface area (Å²) in [5.41, 5.74) is 2.50. The molecule has 6 nitrogen and oxygen atoms in total. The van der Waals surface area contributed by atoms with Crippen molar-refractivity contribution in [2.24, 2.45) is 0 Å². The lowest BCUT2D eigenvalue weighted by atomic mass is 10.1. The van der Waals surface area contributed by atoms with Gasteiger partial charge in [0.15, 0.2) is 11.0 Å². The average molecular weight is 409 g/mol. The maximum Gasteiger partial charge on any atom is 0.304 e. The highest BCUT2D eigenvalue weighted by Crippen LogP contribution is 2.42. The molecule has 1 aliphatic rings. The molecular weight excluding hydrogens is 396 g/mol. The monoisotopic (exact) mass is 408 g/mol. The summed E-state index contributed by atoms with van der Waals surface area (Å²) in [6.07, 6.45) is -0.714. The van der Waals surface area contributed by atoms with Gasteiger partial charge in [0, 0.05) is 28.5 Å². The number of carbonyl (C=O) groups excluding carboxylic acids is 1. The summed E-state index contributed by atoms with van der Waals surface area (Å²) in [5.74, 6) is 0.138. The van der Waals surface area contributed by atoms with Crippen LogP contribution < -0.4 is 0 Å². The highest BCUT2D eigenvalue weighted by atomic mass is 35.5. The van der Waals surface area contributed by atoms with Crippen LogP contribution in [0, 0.1) is 0 Å². The lowest BCUT2D eigenvalue weighted by Gasteiger charge is -2.24. The number of aromatic nitrogens is 4. The molecule has 0 amide bonds. The normalized spacial score (nSPS) is 15.1. The summed E-state index contributed by atoms with van der Waals surface area (Å²) in [4.78, 5) is 21.2. The van der Waals surface area contributed by atoms with Gasteiger partial charge in [-0.3, -0.25) is 4.79 Å². The van der Waals surface area contributed by atoms with Crippen molar-refractivity contribution in [3.05, 3.63) is 65.2 Å². The van der Waals surface area contributed by atoms with Crippen LogP contribution in [0.4, 0.5) is 0 Å². The fourth-order valence-electron chi connectivity index (χ4n) is 3.11. The third-order valence-corrected chi connectivity index (χ3v) is 5.61. The molecular formula is C20H13ClN4O2S. The van der Waals surface area contributed by atoms with Gasteiger partial charge in [0.05, 0.1) is 5.52 Å². The second kappa shape index (κ2) is 6.61. The largest absolute Gasteiger partial charge is 0.435 e. The van der Waals surface area contributed by atoms with Crippen molar-refractivity contribution in [1.29, 1.82) is 0 Å². The minimum absolute atomic E-state index is 0.398. The first kappa shape index (κ1) is 17.2. The number of carbonyl (C=O) groups is 1. The highest BCUT2D eigenvalue weighted by Gasteiger charge is 2.32. The topological polar surface area (TPSA) is 69.9 Å². The van der Waals surface area contributed by atoms with E-state index in [4.69, 9.17) is 21.3 Å². The molecule has 0 spiro atoms. The van der Waals surface area contributed by atoms with Gasteiger partial charge >= 0.3 is 5.97 Å². The van der Waals surface area contributed by atoms with Crippen LogP contribution in [0.25, 0.3) is 22.3 Å². The second-order valence-corrected chi connectivity index (χ2v) is 7.70. The summed E-state index contributed by atoms with van der Waals surface area (Å²) in [5, 5.41) is 7.59. The van der Waals surface area contributed by atoms with E-state index in [-0.39, 0.29) is 0 Å². The Morgan fingerprint density at radius 1 is 1.14 bits per heavy atom. The van der Waals surface area contributed by atoms with E-state index in [1.54, 1.807) is 16.8 Å². The molecule has 1 aliphatic heterocycles. The minimum Gasteiger partial charge on any atom is -0.435 e. The molecule has 0 saturated heterocycles. The molecule has 0 saturated carbocycles. The van der Waals surface area contributed by atoms with Crippen molar-refractivity contribution in [1.82, 2.24) is 19.7 Å². The van der Waals surface area contributed by atoms with Gasteiger partial charge in [0.2, 0.25) is 6.23 Å². The van der Waals surface area contributed by atoms with E-state index >= 15 is 0 Å². The van der Waals surface area contributed by atoms with Crippen LogP contribution in [0.5, 0.6) is 0 Å². The SMILES string of the molecule is CC(=O)O[C@@H]1c2cc3ccccc3nc2Sc2nc(-c3ccc(Cl)cc3)nn21. The third-order valence-electron chi connectivity index (χ3n) is 4.37.